The van der Waals surface area contributed by atoms with Gasteiger partial charge in [-0.15, -0.1) is 6.58 Å². The molecule has 1 heterocycles. The molecule has 0 saturated carbocycles. The molecule has 2 atom stereocenters. The number of rotatable bonds is 10. The van der Waals surface area contributed by atoms with E-state index in [0.717, 1.165) is 37.2 Å². The van der Waals surface area contributed by atoms with Crippen LogP contribution in [-0.2, 0) is 20.8 Å². The molecule has 1 fully saturated rings. The fraction of sp³-hybridized carbons (Fsp3) is 0.526. The van der Waals surface area contributed by atoms with Gasteiger partial charge in [0.2, 0.25) is 5.91 Å². The molecule has 0 aliphatic carbocycles. The van der Waals surface area contributed by atoms with Gasteiger partial charge in [0.25, 0.3) is 0 Å². The van der Waals surface area contributed by atoms with Crippen molar-refractivity contribution in [3.05, 3.63) is 42.5 Å². The predicted molar refractivity (Wildman–Crippen MR) is 93.0 cm³/mol. The largest absolute Gasteiger partial charge is 0.491 e. The second-order valence-corrected chi connectivity index (χ2v) is 5.90. The highest BCUT2D eigenvalue weighted by molar-refractivity contribution is 5.80. The standard InChI is InChI=1S/C19H27NO4/c1-3-4-11-22-15(2)19(21)20-13-16-7-9-17(10-8-16)24-14-18-6-5-12-23-18/h3,7-10,15,18H,1,4-6,11-14H2,2H3,(H,20,21)/t15-,18-/m1/s1. The van der Waals surface area contributed by atoms with Crippen molar-refractivity contribution in [1.29, 1.82) is 0 Å². The van der Waals surface area contributed by atoms with Gasteiger partial charge in [-0.1, -0.05) is 18.2 Å². The molecule has 132 valence electrons. The minimum absolute atomic E-state index is 0.113. The van der Waals surface area contributed by atoms with Gasteiger partial charge in [0, 0.05) is 13.2 Å². The highest BCUT2D eigenvalue weighted by atomic mass is 16.5. The van der Waals surface area contributed by atoms with E-state index in [2.05, 4.69) is 11.9 Å². The van der Waals surface area contributed by atoms with Crippen LogP contribution in [0.2, 0.25) is 0 Å². The van der Waals surface area contributed by atoms with E-state index in [4.69, 9.17) is 14.2 Å². The quantitative estimate of drug-likeness (QED) is 0.528. The van der Waals surface area contributed by atoms with Crippen LogP contribution in [0.25, 0.3) is 0 Å². The van der Waals surface area contributed by atoms with Gasteiger partial charge in [-0.25, -0.2) is 0 Å². The van der Waals surface area contributed by atoms with Crippen LogP contribution in [0.15, 0.2) is 36.9 Å². The molecule has 1 aliphatic rings. The van der Waals surface area contributed by atoms with E-state index in [1.165, 1.54) is 0 Å². The van der Waals surface area contributed by atoms with E-state index in [-0.39, 0.29) is 12.0 Å². The Balaban J connectivity index is 1.68. The van der Waals surface area contributed by atoms with Crippen molar-refractivity contribution >= 4 is 5.91 Å². The topological polar surface area (TPSA) is 56.8 Å². The lowest BCUT2D eigenvalue weighted by molar-refractivity contribution is -0.131. The Labute approximate surface area is 144 Å². The van der Waals surface area contributed by atoms with Crippen LogP contribution < -0.4 is 10.1 Å². The van der Waals surface area contributed by atoms with E-state index in [0.29, 0.717) is 19.8 Å². The molecule has 0 unspecified atom stereocenters. The van der Waals surface area contributed by atoms with Crippen molar-refractivity contribution in [3.8, 4) is 5.75 Å². The Kier molecular flexibility index (Phi) is 7.79. The van der Waals surface area contributed by atoms with Gasteiger partial charge in [0.15, 0.2) is 0 Å². The first-order valence-corrected chi connectivity index (χ1v) is 8.52. The van der Waals surface area contributed by atoms with Gasteiger partial charge in [-0.05, 0) is 43.9 Å². The zero-order valence-corrected chi connectivity index (χ0v) is 14.3. The molecule has 2 rings (SSSR count). The van der Waals surface area contributed by atoms with Crippen LogP contribution in [-0.4, -0.2) is 37.9 Å². The minimum atomic E-state index is -0.459. The summed E-state index contributed by atoms with van der Waals surface area (Å²) in [7, 11) is 0. The number of hydrogen-bond donors (Lipinski definition) is 1. The first-order chi connectivity index (χ1) is 11.7. The van der Waals surface area contributed by atoms with Gasteiger partial charge >= 0.3 is 0 Å². The molecular weight excluding hydrogens is 306 g/mol. The van der Waals surface area contributed by atoms with Crippen LogP contribution in [0.4, 0.5) is 0 Å². The SMILES string of the molecule is C=CCCO[C@H](C)C(=O)NCc1ccc(OC[C@H]2CCCO2)cc1. The summed E-state index contributed by atoms with van der Waals surface area (Å²) < 4.78 is 16.7. The summed E-state index contributed by atoms with van der Waals surface area (Å²) in [6.07, 6.45) is 4.45. The van der Waals surface area contributed by atoms with E-state index < -0.39 is 6.10 Å². The lowest BCUT2D eigenvalue weighted by Gasteiger charge is -2.14. The molecule has 1 aromatic carbocycles. The Morgan fingerprint density at radius 2 is 2.25 bits per heavy atom. The van der Waals surface area contributed by atoms with Crippen molar-refractivity contribution in [1.82, 2.24) is 5.32 Å². The van der Waals surface area contributed by atoms with Crippen LogP contribution in [0, 0.1) is 0 Å². The van der Waals surface area contributed by atoms with Crippen molar-refractivity contribution in [2.45, 2.75) is 44.9 Å². The normalized spacial score (nSPS) is 18.1. The summed E-state index contributed by atoms with van der Waals surface area (Å²) in [6.45, 7) is 7.78. The third-order valence-electron chi connectivity index (χ3n) is 3.91. The lowest BCUT2D eigenvalue weighted by atomic mass is 10.2. The van der Waals surface area contributed by atoms with E-state index >= 15 is 0 Å². The summed E-state index contributed by atoms with van der Waals surface area (Å²) >= 11 is 0. The fourth-order valence-corrected chi connectivity index (χ4v) is 2.41. The third kappa shape index (κ3) is 6.34. The summed E-state index contributed by atoms with van der Waals surface area (Å²) in [5, 5.41) is 2.87. The molecule has 1 aromatic rings. The number of amides is 1. The summed E-state index contributed by atoms with van der Waals surface area (Å²) in [5.74, 6) is 0.708. The van der Waals surface area contributed by atoms with Gasteiger partial charge in [-0.3, -0.25) is 4.79 Å². The number of carbonyl (C=O) groups excluding carboxylic acids is 1. The molecule has 5 heteroatoms. The molecule has 0 aromatic heterocycles. The highest BCUT2D eigenvalue weighted by Crippen LogP contribution is 2.16. The number of hydrogen-bond acceptors (Lipinski definition) is 4. The lowest BCUT2D eigenvalue weighted by Crippen LogP contribution is -2.34. The first kappa shape index (κ1) is 18.5. The van der Waals surface area contributed by atoms with Crippen molar-refractivity contribution in [3.63, 3.8) is 0 Å². The molecule has 0 spiro atoms. The van der Waals surface area contributed by atoms with Crippen LogP contribution in [0.3, 0.4) is 0 Å². The average molecular weight is 333 g/mol. The van der Waals surface area contributed by atoms with Crippen LogP contribution >= 0.6 is 0 Å². The molecule has 24 heavy (non-hydrogen) atoms. The monoisotopic (exact) mass is 333 g/mol. The maximum Gasteiger partial charge on any atom is 0.249 e. The average Bonchev–Trinajstić information content (AvgIpc) is 3.12. The Morgan fingerprint density at radius 1 is 1.46 bits per heavy atom. The maximum atomic E-state index is 11.9. The molecule has 1 aliphatic heterocycles. The molecular formula is C19H27NO4. The van der Waals surface area contributed by atoms with Gasteiger partial charge < -0.3 is 19.5 Å². The molecule has 0 bridgehead atoms. The summed E-state index contributed by atoms with van der Waals surface area (Å²) in [5.41, 5.74) is 1.02. The van der Waals surface area contributed by atoms with Gasteiger partial charge in [-0.2, -0.15) is 0 Å². The zero-order valence-electron chi connectivity index (χ0n) is 14.3. The van der Waals surface area contributed by atoms with E-state index in [9.17, 15) is 4.79 Å². The minimum Gasteiger partial charge on any atom is -0.491 e. The first-order valence-electron chi connectivity index (χ1n) is 8.52. The molecule has 1 saturated heterocycles. The smallest absolute Gasteiger partial charge is 0.249 e. The van der Waals surface area contributed by atoms with Crippen LogP contribution in [0.5, 0.6) is 5.75 Å². The summed E-state index contributed by atoms with van der Waals surface area (Å²) in [6, 6.07) is 7.74. The Hall–Kier alpha value is -1.85. The number of benzene rings is 1. The van der Waals surface area contributed by atoms with Crippen molar-refractivity contribution in [2.24, 2.45) is 0 Å². The zero-order chi connectivity index (χ0) is 17.2. The predicted octanol–water partition coefficient (Wildman–Crippen LogP) is 2.84. The molecule has 0 radical (unpaired) electrons. The van der Waals surface area contributed by atoms with E-state index in [1.54, 1.807) is 13.0 Å². The Bertz CT molecular complexity index is 509. The number of carbonyl (C=O) groups is 1. The molecule has 5 nitrogen and oxygen atoms in total. The number of ether oxygens (including phenoxy) is 3. The maximum absolute atomic E-state index is 11.9. The van der Waals surface area contributed by atoms with Crippen molar-refractivity contribution in [2.75, 3.05) is 19.8 Å². The third-order valence-corrected chi connectivity index (χ3v) is 3.91. The molecule has 1 N–H and O–H groups in total. The van der Waals surface area contributed by atoms with Gasteiger partial charge in [0.05, 0.1) is 12.7 Å². The van der Waals surface area contributed by atoms with E-state index in [1.807, 2.05) is 24.3 Å². The van der Waals surface area contributed by atoms with Gasteiger partial charge in [0.1, 0.15) is 18.5 Å². The van der Waals surface area contributed by atoms with Crippen LogP contribution in [0.1, 0.15) is 31.7 Å². The second-order valence-electron chi connectivity index (χ2n) is 5.90. The van der Waals surface area contributed by atoms with Crippen molar-refractivity contribution < 1.29 is 19.0 Å². The number of nitrogens with one attached hydrogen (secondary N) is 1. The highest BCUT2D eigenvalue weighted by Gasteiger charge is 2.16. The second kappa shape index (κ2) is 10.1. The molecule has 1 amide bonds. The summed E-state index contributed by atoms with van der Waals surface area (Å²) in [4.78, 5) is 11.9. The fourth-order valence-electron chi connectivity index (χ4n) is 2.41. The Morgan fingerprint density at radius 3 is 2.92 bits per heavy atom.